The zero-order valence-corrected chi connectivity index (χ0v) is 13.0. The number of nitrogens with one attached hydrogen (secondary N) is 1. The van der Waals surface area contributed by atoms with E-state index in [-0.39, 0.29) is 12.5 Å². The number of hydrogen-bond donors (Lipinski definition) is 1. The van der Waals surface area contributed by atoms with Crippen LogP contribution in [0.2, 0.25) is 0 Å². The minimum absolute atomic E-state index is 0.0474. The van der Waals surface area contributed by atoms with E-state index in [2.05, 4.69) is 18.8 Å². The van der Waals surface area contributed by atoms with Crippen molar-refractivity contribution in [2.45, 2.75) is 53.1 Å². The molecule has 20 heavy (non-hydrogen) atoms. The number of hydrogen-bond acceptors (Lipinski definition) is 4. The van der Waals surface area contributed by atoms with Crippen molar-refractivity contribution in [3.05, 3.63) is 12.2 Å². The third-order valence-corrected chi connectivity index (χ3v) is 2.78. The molecule has 5 nitrogen and oxygen atoms in total. The standard InChI is InChI=1S/C15H27NO4/c1-6-7-8-9-16-15(18)20-13(11(2)3)10-19-14(17)12(4)5/h11,13H,4,6-10H2,1-3,5H3,(H,16,18). The topological polar surface area (TPSA) is 64.6 Å². The summed E-state index contributed by atoms with van der Waals surface area (Å²) in [4.78, 5) is 22.9. The molecule has 0 saturated heterocycles. The van der Waals surface area contributed by atoms with Gasteiger partial charge in [0.25, 0.3) is 0 Å². The number of amides is 1. The van der Waals surface area contributed by atoms with Crippen molar-refractivity contribution in [1.29, 1.82) is 0 Å². The molecular formula is C15H27NO4. The van der Waals surface area contributed by atoms with Gasteiger partial charge in [-0.1, -0.05) is 40.2 Å². The molecule has 0 aromatic carbocycles. The molecule has 1 unspecified atom stereocenters. The Morgan fingerprint density at radius 3 is 2.40 bits per heavy atom. The minimum atomic E-state index is -0.470. The van der Waals surface area contributed by atoms with Crippen LogP contribution in [-0.4, -0.2) is 31.3 Å². The van der Waals surface area contributed by atoms with E-state index in [9.17, 15) is 9.59 Å². The Kier molecular flexibility index (Phi) is 9.51. The maximum Gasteiger partial charge on any atom is 0.407 e. The van der Waals surface area contributed by atoms with E-state index in [1.165, 1.54) is 0 Å². The molecule has 0 rings (SSSR count). The number of alkyl carbamates (subject to hydrolysis) is 1. The molecule has 0 aromatic rings. The average molecular weight is 285 g/mol. The van der Waals surface area contributed by atoms with Gasteiger partial charge in [-0.25, -0.2) is 9.59 Å². The van der Waals surface area contributed by atoms with Crippen LogP contribution in [0.5, 0.6) is 0 Å². The van der Waals surface area contributed by atoms with Crippen molar-refractivity contribution in [2.75, 3.05) is 13.2 Å². The number of unbranched alkanes of at least 4 members (excludes halogenated alkanes) is 2. The molecule has 0 radical (unpaired) electrons. The van der Waals surface area contributed by atoms with E-state index in [1.807, 2.05) is 13.8 Å². The van der Waals surface area contributed by atoms with Crippen LogP contribution in [0.3, 0.4) is 0 Å². The van der Waals surface area contributed by atoms with Gasteiger partial charge in [-0.05, 0) is 19.3 Å². The van der Waals surface area contributed by atoms with Crippen LogP contribution in [-0.2, 0) is 14.3 Å². The molecule has 0 aliphatic carbocycles. The Morgan fingerprint density at radius 1 is 1.25 bits per heavy atom. The second-order valence-electron chi connectivity index (χ2n) is 5.20. The van der Waals surface area contributed by atoms with Gasteiger partial charge in [0.1, 0.15) is 12.7 Å². The van der Waals surface area contributed by atoms with Crippen LogP contribution in [0.15, 0.2) is 12.2 Å². The largest absolute Gasteiger partial charge is 0.458 e. The van der Waals surface area contributed by atoms with Crippen LogP contribution in [0, 0.1) is 5.92 Å². The maximum absolute atomic E-state index is 11.6. The van der Waals surface area contributed by atoms with Gasteiger partial charge in [-0.3, -0.25) is 0 Å². The summed E-state index contributed by atoms with van der Waals surface area (Å²) < 4.78 is 10.3. The first kappa shape index (κ1) is 18.5. The third-order valence-electron chi connectivity index (χ3n) is 2.78. The van der Waals surface area contributed by atoms with E-state index in [1.54, 1.807) is 6.92 Å². The Balaban J connectivity index is 4.10. The average Bonchev–Trinajstić information content (AvgIpc) is 2.38. The van der Waals surface area contributed by atoms with Gasteiger partial charge in [0.2, 0.25) is 0 Å². The van der Waals surface area contributed by atoms with Crippen LogP contribution in [0.25, 0.3) is 0 Å². The van der Waals surface area contributed by atoms with Crippen LogP contribution >= 0.6 is 0 Å². The summed E-state index contributed by atoms with van der Waals surface area (Å²) in [5, 5.41) is 2.69. The fraction of sp³-hybridized carbons (Fsp3) is 0.733. The molecule has 5 heteroatoms. The fourth-order valence-corrected chi connectivity index (χ4v) is 1.39. The van der Waals surface area contributed by atoms with E-state index in [0.717, 1.165) is 19.3 Å². The first-order valence-electron chi connectivity index (χ1n) is 7.15. The molecule has 1 N–H and O–H groups in total. The molecule has 0 fully saturated rings. The predicted molar refractivity (Wildman–Crippen MR) is 78.4 cm³/mol. The highest BCUT2D eigenvalue weighted by atomic mass is 16.6. The Bertz CT molecular complexity index is 326. The third kappa shape index (κ3) is 8.56. The highest BCUT2D eigenvalue weighted by molar-refractivity contribution is 5.86. The molecule has 1 amide bonds. The zero-order chi connectivity index (χ0) is 15.5. The van der Waals surface area contributed by atoms with Crippen molar-refractivity contribution in [3.8, 4) is 0 Å². The molecule has 0 bridgehead atoms. The summed E-state index contributed by atoms with van der Waals surface area (Å²) in [5.74, 6) is -0.406. The molecule has 0 aliphatic rings. The lowest BCUT2D eigenvalue weighted by Gasteiger charge is -2.21. The molecule has 0 spiro atoms. The molecule has 0 aliphatic heterocycles. The number of esters is 1. The number of carbonyl (C=O) groups excluding carboxylic acids is 2. The van der Waals surface area contributed by atoms with Crippen molar-refractivity contribution >= 4 is 12.1 Å². The molecule has 116 valence electrons. The highest BCUT2D eigenvalue weighted by Gasteiger charge is 2.20. The molecular weight excluding hydrogens is 258 g/mol. The smallest absolute Gasteiger partial charge is 0.407 e. The fourth-order valence-electron chi connectivity index (χ4n) is 1.39. The SMILES string of the molecule is C=C(C)C(=O)OCC(OC(=O)NCCCCC)C(C)C. The van der Waals surface area contributed by atoms with Gasteiger partial charge in [0, 0.05) is 12.1 Å². The monoisotopic (exact) mass is 285 g/mol. The maximum atomic E-state index is 11.6. The molecule has 0 heterocycles. The number of ether oxygens (including phenoxy) is 2. The molecule has 1 atom stereocenters. The number of carbonyl (C=O) groups is 2. The Labute approximate surface area is 121 Å². The normalized spacial score (nSPS) is 11.8. The van der Waals surface area contributed by atoms with Crippen molar-refractivity contribution in [3.63, 3.8) is 0 Å². The second-order valence-corrected chi connectivity index (χ2v) is 5.20. The van der Waals surface area contributed by atoms with E-state index < -0.39 is 18.2 Å². The Hall–Kier alpha value is -1.52. The summed E-state index contributed by atoms with van der Waals surface area (Å²) in [5.41, 5.74) is 0.330. The van der Waals surface area contributed by atoms with Gasteiger partial charge in [0.15, 0.2) is 0 Å². The summed E-state index contributed by atoms with van der Waals surface area (Å²) >= 11 is 0. The van der Waals surface area contributed by atoms with Gasteiger partial charge >= 0.3 is 12.1 Å². The van der Waals surface area contributed by atoms with Crippen LogP contribution < -0.4 is 5.32 Å². The van der Waals surface area contributed by atoms with Gasteiger partial charge in [0.05, 0.1) is 0 Å². The quantitative estimate of drug-likeness (QED) is 0.402. The van der Waals surface area contributed by atoms with Gasteiger partial charge < -0.3 is 14.8 Å². The zero-order valence-electron chi connectivity index (χ0n) is 13.0. The minimum Gasteiger partial charge on any atom is -0.458 e. The van der Waals surface area contributed by atoms with E-state index in [4.69, 9.17) is 9.47 Å². The molecule has 0 aromatic heterocycles. The first-order chi connectivity index (χ1) is 9.38. The van der Waals surface area contributed by atoms with Crippen LogP contribution in [0.4, 0.5) is 4.79 Å². The first-order valence-corrected chi connectivity index (χ1v) is 7.15. The lowest BCUT2D eigenvalue weighted by Crippen LogP contribution is -2.35. The summed E-state index contributed by atoms with van der Waals surface area (Å²) in [6.45, 7) is 11.6. The summed E-state index contributed by atoms with van der Waals surface area (Å²) in [6.07, 6.45) is 2.19. The lowest BCUT2D eigenvalue weighted by atomic mass is 10.1. The Morgan fingerprint density at radius 2 is 1.90 bits per heavy atom. The van der Waals surface area contributed by atoms with Crippen molar-refractivity contribution < 1.29 is 19.1 Å². The lowest BCUT2D eigenvalue weighted by molar-refractivity contribution is -0.142. The highest BCUT2D eigenvalue weighted by Crippen LogP contribution is 2.08. The van der Waals surface area contributed by atoms with Gasteiger partial charge in [-0.2, -0.15) is 0 Å². The summed E-state index contributed by atoms with van der Waals surface area (Å²) in [6, 6.07) is 0. The van der Waals surface area contributed by atoms with E-state index >= 15 is 0 Å². The number of rotatable bonds is 9. The van der Waals surface area contributed by atoms with Crippen molar-refractivity contribution in [1.82, 2.24) is 5.32 Å². The second kappa shape index (κ2) is 10.3. The van der Waals surface area contributed by atoms with Gasteiger partial charge in [-0.15, -0.1) is 0 Å². The molecule has 0 saturated carbocycles. The van der Waals surface area contributed by atoms with Crippen molar-refractivity contribution in [2.24, 2.45) is 5.92 Å². The van der Waals surface area contributed by atoms with E-state index in [0.29, 0.717) is 12.1 Å². The van der Waals surface area contributed by atoms with Crippen LogP contribution in [0.1, 0.15) is 47.0 Å². The summed E-state index contributed by atoms with van der Waals surface area (Å²) in [7, 11) is 0. The predicted octanol–water partition coefficient (Wildman–Crippen LogP) is 3.05.